The van der Waals surface area contributed by atoms with Crippen LogP contribution in [0.5, 0.6) is 0 Å². The van der Waals surface area contributed by atoms with Crippen molar-refractivity contribution < 1.29 is 35.2 Å². The molecule has 0 aliphatic carbocycles. The van der Waals surface area contributed by atoms with Gasteiger partial charge in [-0.2, -0.15) is 17.5 Å². The van der Waals surface area contributed by atoms with E-state index in [0.717, 1.165) is 47.0 Å². The Kier molecular flexibility index (Phi) is 8.30. The number of hydrogen-bond donors (Lipinski definition) is 1. The summed E-state index contributed by atoms with van der Waals surface area (Å²) in [5, 5.41) is 2.57. The summed E-state index contributed by atoms with van der Waals surface area (Å²) in [7, 11) is -2.70. The van der Waals surface area contributed by atoms with Gasteiger partial charge in [-0.15, -0.1) is 0 Å². The molecule has 212 valence electrons. The topological polar surface area (TPSA) is 105 Å². The first-order chi connectivity index (χ1) is 18.8. The van der Waals surface area contributed by atoms with Gasteiger partial charge in [0, 0.05) is 55.3 Å². The maximum absolute atomic E-state index is 14.6. The van der Waals surface area contributed by atoms with Gasteiger partial charge in [0.2, 0.25) is 21.8 Å². The van der Waals surface area contributed by atoms with Crippen molar-refractivity contribution in [3.8, 4) is 11.1 Å². The zero-order chi connectivity index (χ0) is 29.2. The Labute approximate surface area is 227 Å². The van der Waals surface area contributed by atoms with E-state index in [1.165, 1.54) is 19.2 Å². The van der Waals surface area contributed by atoms with E-state index < -0.39 is 57.6 Å². The molecule has 0 saturated carbocycles. The number of amides is 1. The van der Waals surface area contributed by atoms with Gasteiger partial charge in [-0.3, -0.25) is 4.79 Å². The van der Waals surface area contributed by atoms with Crippen LogP contribution in [0.3, 0.4) is 0 Å². The number of carbonyl (C=O) groups excluding carboxylic acids is 1. The number of benzene rings is 2. The number of aromatic nitrogens is 2. The van der Waals surface area contributed by atoms with E-state index >= 15 is 0 Å². The van der Waals surface area contributed by atoms with Crippen molar-refractivity contribution in [2.45, 2.75) is 43.0 Å². The molecule has 0 radical (unpaired) electrons. The van der Waals surface area contributed by atoms with Crippen LogP contribution in [0.2, 0.25) is 0 Å². The standard InChI is InChI=1S/C26H24F5N5O3S/c1-15-17(11-32-2)10-23(36(15)40(38,39)21-6-4-20(27)5-7-21)24(37)33-12-18-9-16(3-8-22(18)28)19-13-34-25(35-14-19)26(29,30)31/h3-9,11,13-15,17,23H,10,12H2,1-2H3,(H,33,37)/b32-11-/t15-,17-,23-/m0/s1. The lowest BCUT2D eigenvalue weighted by Gasteiger charge is -2.27. The van der Waals surface area contributed by atoms with E-state index in [1.54, 1.807) is 13.1 Å². The maximum atomic E-state index is 14.6. The molecule has 2 aromatic carbocycles. The summed E-state index contributed by atoms with van der Waals surface area (Å²) in [6, 6.07) is 6.16. The van der Waals surface area contributed by atoms with Gasteiger partial charge in [-0.1, -0.05) is 6.07 Å². The Morgan fingerprint density at radius 2 is 1.75 bits per heavy atom. The number of halogens is 5. The fraction of sp³-hybridized carbons (Fsp3) is 0.308. The van der Waals surface area contributed by atoms with Gasteiger partial charge in [0.25, 0.3) is 0 Å². The van der Waals surface area contributed by atoms with E-state index in [4.69, 9.17) is 0 Å². The molecule has 8 nitrogen and oxygen atoms in total. The molecule has 40 heavy (non-hydrogen) atoms. The molecule has 1 aromatic heterocycles. The van der Waals surface area contributed by atoms with Crippen LogP contribution < -0.4 is 5.32 Å². The van der Waals surface area contributed by atoms with Gasteiger partial charge in [0.15, 0.2) is 0 Å². The second-order valence-corrected chi connectivity index (χ2v) is 11.0. The summed E-state index contributed by atoms with van der Waals surface area (Å²) in [5.41, 5.74) is 0.522. The Hall–Kier alpha value is -3.78. The summed E-state index contributed by atoms with van der Waals surface area (Å²) < 4.78 is 94.3. The van der Waals surface area contributed by atoms with Crippen LogP contribution >= 0.6 is 0 Å². The highest BCUT2D eigenvalue weighted by atomic mass is 32.2. The van der Waals surface area contributed by atoms with E-state index in [-0.39, 0.29) is 29.0 Å². The third-order valence-electron chi connectivity index (χ3n) is 6.59. The maximum Gasteiger partial charge on any atom is 0.451 e. The number of nitrogens with one attached hydrogen (secondary N) is 1. The molecule has 1 saturated heterocycles. The Morgan fingerprint density at radius 1 is 1.10 bits per heavy atom. The van der Waals surface area contributed by atoms with E-state index in [9.17, 15) is 35.2 Å². The van der Waals surface area contributed by atoms with Crippen molar-refractivity contribution >= 4 is 22.1 Å². The fourth-order valence-corrected chi connectivity index (χ4v) is 6.39. The van der Waals surface area contributed by atoms with Gasteiger partial charge in [-0.25, -0.2) is 27.2 Å². The summed E-state index contributed by atoms with van der Waals surface area (Å²) in [6.07, 6.45) is -1.14. The molecular formula is C26H24F5N5O3S. The second kappa shape index (κ2) is 11.4. The van der Waals surface area contributed by atoms with E-state index in [2.05, 4.69) is 20.3 Å². The van der Waals surface area contributed by atoms with Crippen LogP contribution in [0.1, 0.15) is 24.7 Å². The fourth-order valence-electron chi connectivity index (χ4n) is 4.56. The van der Waals surface area contributed by atoms with Gasteiger partial charge in [0.05, 0.1) is 4.90 Å². The summed E-state index contributed by atoms with van der Waals surface area (Å²) >= 11 is 0. The van der Waals surface area contributed by atoms with Crippen LogP contribution in [-0.4, -0.2) is 53.9 Å². The second-order valence-electron chi connectivity index (χ2n) is 9.17. The van der Waals surface area contributed by atoms with E-state index in [1.807, 2.05) is 0 Å². The molecule has 2 heterocycles. The zero-order valence-electron chi connectivity index (χ0n) is 21.2. The highest BCUT2D eigenvalue weighted by Gasteiger charge is 2.48. The highest BCUT2D eigenvalue weighted by Crippen LogP contribution is 2.35. The molecule has 4 rings (SSSR count). The van der Waals surface area contributed by atoms with Crippen molar-refractivity contribution in [2.75, 3.05) is 7.05 Å². The zero-order valence-corrected chi connectivity index (χ0v) is 22.0. The average molecular weight is 582 g/mol. The number of rotatable bonds is 7. The number of sulfonamides is 1. The van der Waals surface area contributed by atoms with Gasteiger partial charge in [0.1, 0.15) is 17.7 Å². The average Bonchev–Trinajstić information content (AvgIpc) is 3.24. The molecule has 0 bridgehead atoms. The molecule has 1 fully saturated rings. The third kappa shape index (κ3) is 6.02. The predicted molar refractivity (Wildman–Crippen MR) is 135 cm³/mol. The minimum absolute atomic E-state index is 0.0106. The van der Waals surface area contributed by atoms with Crippen LogP contribution in [0.25, 0.3) is 11.1 Å². The SMILES string of the molecule is C/N=C\[C@@H]1C[C@@H](C(=O)NCc2cc(-c3cnc(C(F)(F)F)nc3)ccc2F)N(S(=O)(=O)c2ccc(F)cc2)[C@H]1C. The first kappa shape index (κ1) is 29.2. The van der Waals surface area contributed by atoms with Crippen LogP contribution in [-0.2, 0) is 27.5 Å². The summed E-state index contributed by atoms with van der Waals surface area (Å²) in [4.78, 5) is 23.7. The molecule has 14 heteroatoms. The van der Waals surface area contributed by atoms with Gasteiger partial charge < -0.3 is 10.3 Å². The first-order valence-corrected chi connectivity index (χ1v) is 13.4. The number of hydrogen-bond acceptors (Lipinski definition) is 6. The Morgan fingerprint density at radius 3 is 2.35 bits per heavy atom. The Balaban J connectivity index is 1.56. The predicted octanol–water partition coefficient (Wildman–Crippen LogP) is 4.23. The van der Waals surface area contributed by atoms with Crippen LogP contribution in [0.4, 0.5) is 22.0 Å². The number of nitrogens with zero attached hydrogens (tertiary/aromatic N) is 4. The lowest BCUT2D eigenvalue weighted by molar-refractivity contribution is -0.145. The smallest absolute Gasteiger partial charge is 0.351 e. The van der Waals surface area contributed by atoms with Crippen molar-refractivity contribution in [3.63, 3.8) is 0 Å². The lowest BCUT2D eigenvalue weighted by Crippen LogP contribution is -2.48. The van der Waals surface area contributed by atoms with Crippen LogP contribution in [0.15, 0.2) is 64.7 Å². The largest absolute Gasteiger partial charge is 0.451 e. The number of carbonyl (C=O) groups is 1. The van der Waals surface area contributed by atoms with E-state index in [0.29, 0.717) is 5.56 Å². The van der Waals surface area contributed by atoms with Gasteiger partial charge >= 0.3 is 6.18 Å². The molecule has 1 N–H and O–H groups in total. The monoisotopic (exact) mass is 581 g/mol. The molecule has 0 unspecified atom stereocenters. The van der Waals surface area contributed by atoms with Crippen molar-refractivity contribution in [1.29, 1.82) is 0 Å². The quantitative estimate of drug-likeness (QED) is 0.332. The molecule has 1 aliphatic rings. The number of aliphatic imine (C=N–C) groups is 1. The highest BCUT2D eigenvalue weighted by molar-refractivity contribution is 7.89. The normalized spacial score (nSPS) is 20.2. The first-order valence-electron chi connectivity index (χ1n) is 12.0. The Bertz CT molecular complexity index is 1510. The lowest BCUT2D eigenvalue weighted by atomic mass is 10.0. The van der Waals surface area contributed by atoms with Crippen molar-refractivity contribution in [3.05, 3.63) is 77.9 Å². The molecule has 3 atom stereocenters. The van der Waals surface area contributed by atoms with Gasteiger partial charge in [-0.05, 0) is 55.3 Å². The van der Waals surface area contributed by atoms with Crippen molar-refractivity contribution in [2.24, 2.45) is 10.9 Å². The molecule has 1 aliphatic heterocycles. The minimum atomic E-state index is -4.71. The molecule has 0 spiro atoms. The summed E-state index contributed by atoms with van der Waals surface area (Å²) in [5.74, 6) is -3.71. The minimum Gasteiger partial charge on any atom is -0.351 e. The summed E-state index contributed by atoms with van der Waals surface area (Å²) in [6.45, 7) is 1.30. The molecule has 1 amide bonds. The molecule has 3 aromatic rings. The van der Waals surface area contributed by atoms with Crippen LogP contribution in [0, 0.1) is 17.6 Å². The number of alkyl halides is 3. The van der Waals surface area contributed by atoms with Crippen molar-refractivity contribution in [1.82, 2.24) is 19.6 Å². The third-order valence-corrected chi connectivity index (χ3v) is 8.60. The molecular weight excluding hydrogens is 557 g/mol.